The zero-order valence-electron chi connectivity index (χ0n) is 12.9. The smallest absolute Gasteiger partial charge is 0.191 e. The van der Waals surface area contributed by atoms with Crippen LogP contribution in [0.15, 0.2) is 23.5 Å². The standard InChI is InChI=1S/C15H26N4O.HI/c1-3-16-15(17-9-12-7-8-19(2)11-12)18-10-13-5-4-6-14(13)20;/h7-8,11,13-14,20H,3-6,9-10H2,1-2H3,(H2,16,17,18);1H. The van der Waals surface area contributed by atoms with Crippen LogP contribution in [0.4, 0.5) is 0 Å². The molecule has 1 heterocycles. The monoisotopic (exact) mass is 406 g/mol. The molecule has 0 aromatic carbocycles. The predicted molar refractivity (Wildman–Crippen MR) is 97.0 cm³/mol. The van der Waals surface area contributed by atoms with E-state index in [9.17, 15) is 5.11 Å². The van der Waals surface area contributed by atoms with E-state index in [4.69, 9.17) is 0 Å². The molecule has 120 valence electrons. The van der Waals surface area contributed by atoms with Crippen LogP contribution in [0.3, 0.4) is 0 Å². The van der Waals surface area contributed by atoms with Gasteiger partial charge in [-0.2, -0.15) is 0 Å². The second-order valence-electron chi connectivity index (χ2n) is 5.52. The predicted octanol–water partition coefficient (Wildman–Crippen LogP) is 1.86. The molecule has 0 saturated heterocycles. The van der Waals surface area contributed by atoms with Crippen LogP contribution in [0.5, 0.6) is 0 Å². The number of hydrogen-bond acceptors (Lipinski definition) is 2. The molecule has 1 aliphatic rings. The highest BCUT2D eigenvalue weighted by Gasteiger charge is 2.24. The topological polar surface area (TPSA) is 61.6 Å². The maximum absolute atomic E-state index is 9.84. The molecule has 21 heavy (non-hydrogen) atoms. The van der Waals surface area contributed by atoms with Gasteiger partial charge in [-0.3, -0.25) is 0 Å². The Labute approximate surface area is 144 Å². The number of nitrogens with zero attached hydrogens (tertiary/aromatic N) is 2. The summed E-state index contributed by atoms with van der Waals surface area (Å²) in [5.74, 6) is 1.19. The summed E-state index contributed by atoms with van der Waals surface area (Å²) in [6.07, 6.45) is 7.12. The zero-order chi connectivity index (χ0) is 14.4. The number of aliphatic hydroxyl groups excluding tert-OH is 1. The molecular weight excluding hydrogens is 379 g/mol. The zero-order valence-corrected chi connectivity index (χ0v) is 15.2. The number of rotatable bonds is 5. The van der Waals surface area contributed by atoms with Crippen molar-refractivity contribution >= 4 is 29.9 Å². The van der Waals surface area contributed by atoms with Crippen LogP contribution in [-0.2, 0) is 13.6 Å². The number of aliphatic imine (C=N–C) groups is 1. The number of halogens is 1. The molecule has 1 aliphatic carbocycles. The third-order valence-electron chi connectivity index (χ3n) is 3.81. The first kappa shape index (κ1) is 18.3. The molecular formula is C15H27IN4O. The second kappa shape index (κ2) is 9.30. The van der Waals surface area contributed by atoms with Crippen molar-refractivity contribution in [2.75, 3.05) is 13.1 Å². The summed E-state index contributed by atoms with van der Waals surface area (Å²) in [6.45, 7) is 4.36. The number of aryl methyl sites for hydroxylation is 1. The lowest BCUT2D eigenvalue weighted by atomic mass is 10.1. The van der Waals surface area contributed by atoms with Crippen LogP contribution in [0, 0.1) is 5.92 Å². The summed E-state index contributed by atoms with van der Waals surface area (Å²) >= 11 is 0. The van der Waals surface area contributed by atoms with Gasteiger partial charge in [0.1, 0.15) is 0 Å². The van der Waals surface area contributed by atoms with Crippen molar-refractivity contribution in [3.05, 3.63) is 24.0 Å². The fraction of sp³-hybridized carbons (Fsp3) is 0.667. The molecule has 1 aromatic rings. The molecule has 2 unspecified atom stereocenters. The maximum Gasteiger partial charge on any atom is 0.191 e. The van der Waals surface area contributed by atoms with E-state index in [1.165, 1.54) is 5.56 Å². The van der Waals surface area contributed by atoms with E-state index in [0.717, 1.165) is 38.3 Å². The van der Waals surface area contributed by atoms with Crippen LogP contribution in [0.2, 0.25) is 0 Å². The number of aliphatic hydroxyl groups is 1. The normalized spacial score (nSPS) is 22.0. The first-order valence-electron chi connectivity index (χ1n) is 7.50. The Morgan fingerprint density at radius 1 is 1.43 bits per heavy atom. The van der Waals surface area contributed by atoms with E-state index in [2.05, 4.69) is 34.8 Å². The van der Waals surface area contributed by atoms with Crippen molar-refractivity contribution in [2.24, 2.45) is 18.0 Å². The van der Waals surface area contributed by atoms with Gasteiger partial charge in [-0.15, -0.1) is 24.0 Å². The summed E-state index contributed by atoms with van der Waals surface area (Å²) in [5, 5.41) is 16.4. The van der Waals surface area contributed by atoms with Crippen molar-refractivity contribution in [1.82, 2.24) is 15.2 Å². The Bertz CT molecular complexity index is 447. The molecule has 0 spiro atoms. The van der Waals surface area contributed by atoms with Gasteiger partial charge in [0.05, 0.1) is 12.6 Å². The van der Waals surface area contributed by atoms with Crippen LogP contribution >= 0.6 is 24.0 Å². The van der Waals surface area contributed by atoms with Crippen LogP contribution in [-0.4, -0.2) is 34.8 Å². The minimum atomic E-state index is -0.153. The SMILES string of the molecule is CCNC(=NCc1ccn(C)c1)NCC1CCCC1O.I. The van der Waals surface area contributed by atoms with Crippen molar-refractivity contribution in [3.8, 4) is 0 Å². The third-order valence-corrected chi connectivity index (χ3v) is 3.81. The van der Waals surface area contributed by atoms with E-state index in [1.807, 2.05) is 17.8 Å². The van der Waals surface area contributed by atoms with Crippen LogP contribution < -0.4 is 10.6 Å². The molecule has 0 aliphatic heterocycles. The average molecular weight is 406 g/mol. The molecule has 2 atom stereocenters. The summed E-state index contributed by atoms with van der Waals surface area (Å²) < 4.78 is 2.03. The van der Waals surface area contributed by atoms with Gasteiger partial charge in [-0.1, -0.05) is 6.42 Å². The third kappa shape index (κ3) is 5.86. The summed E-state index contributed by atoms with van der Waals surface area (Å²) in [4.78, 5) is 4.58. The van der Waals surface area contributed by atoms with Gasteiger partial charge in [0.25, 0.3) is 0 Å². The van der Waals surface area contributed by atoms with E-state index >= 15 is 0 Å². The van der Waals surface area contributed by atoms with Crippen molar-refractivity contribution in [1.29, 1.82) is 0 Å². The molecule has 0 radical (unpaired) electrons. The summed E-state index contributed by atoms with van der Waals surface area (Å²) in [7, 11) is 2.01. The summed E-state index contributed by atoms with van der Waals surface area (Å²) in [5.41, 5.74) is 1.20. The first-order valence-corrected chi connectivity index (χ1v) is 7.50. The van der Waals surface area contributed by atoms with Crippen LogP contribution in [0.25, 0.3) is 0 Å². The maximum atomic E-state index is 9.84. The number of guanidine groups is 1. The van der Waals surface area contributed by atoms with Gasteiger partial charge in [-0.05, 0) is 31.4 Å². The molecule has 0 bridgehead atoms. The van der Waals surface area contributed by atoms with E-state index < -0.39 is 0 Å². The molecule has 1 saturated carbocycles. The van der Waals surface area contributed by atoms with Gasteiger partial charge < -0.3 is 20.3 Å². The lowest BCUT2D eigenvalue weighted by molar-refractivity contribution is 0.134. The number of hydrogen-bond donors (Lipinski definition) is 3. The molecule has 3 N–H and O–H groups in total. The Balaban J connectivity index is 0.00000220. The number of nitrogens with one attached hydrogen (secondary N) is 2. The van der Waals surface area contributed by atoms with Crippen molar-refractivity contribution < 1.29 is 5.11 Å². The fourth-order valence-electron chi connectivity index (χ4n) is 2.65. The first-order chi connectivity index (χ1) is 9.69. The lowest BCUT2D eigenvalue weighted by Crippen LogP contribution is -2.41. The number of aromatic nitrogens is 1. The highest BCUT2D eigenvalue weighted by Crippen LogP contribution is 2.24. The van der Waals surface area contributed by atoms with Gasteiger partial charge in [0, 0.05) is 38.4 Å². The summed E-state index contributed by atoms with van der Waals surface area (Å²) in [6, 6.07) is 2.08. The Hall–Kier alpha value is -0.760. The molecule has 6 heteroatoms. The van der Waals surface area contributed by atoms with Gasteiger partial charge in [0.2, 0.25) is 0 Å². The highest BCUT2D eigenvalue weighted by molar-refractivity contribution is 14.0. The molecule has 2 rings (SSSR count). The largest absolute Gasteiger partial charge is 0.393 e. The molecule has 1 aromatic heterocycles. The minimum Gasteiger partial charge on any atom is -0.393 e. The molecule has 1 fully saturated rings. The van der Waals surface area contributed by atoms with Gasteiger partial charge in [0.15, 0.2) is 5.96 Å². The quantitative estimate of drug-likeness (QED) is 0.398. The minimum absolute atomic E-state index is 0. The van der Waals surface area contributed by atoms with Crippen molar-refractivity contribution in [2.45, 2.75) is 38.8 Å². The van der Waals surface area contributed by atoms with Gasteiger partial charge >= 0.3 is 0 Å². The Kier molecular flexibility index (Phi) is 8.10. The lowest BCUT2D eigenvalue weighted by Gasteiger charge is -2.17. The van der Waals surface area contributed by atoms with E-state index in [0.29, 0.717) is 12.5 Å². The van der Waals surface area contributed by atoms with E-state index in [-0.39, 0.29) is 30.1 Å². The Morgan fingerprint density at radius 2 is 2.24 bits per heavy atom. The highest BCUT2D eigenvalue weighted by atomic mass is 127. The Morgan fingerprint density at radius 3 is 2.81 bits per heavy atom. The second-order valence-corrected chi connectivity index (χ2v) is 5.52. The average Bonchev–Trinajstić information content (AvgIpc) is 3.02. The van der Waals surface area contributed by atoms with Gasteiger partial charge in [-0.25, -0.2) is 4.99 Å². The molecule has 0 amide bonds. The van der Waals surface area contributed by atoms with Crippen LogP contribution in [0.1, 0.15) is 31.7 Å². The van der Waals surface area contributed by atoms with E-state index in [1.54, 1.807) is 0 Å². The van der Waals surface area contributed by atoms with Crippen molar-refractivity contribution in [3.63, 3.8) is 0 Å². The fourth-order valence-corrected chi connectivity index (χ4v) is 2.65. The molecule has 5 nitrogen and oxygen atoms in total.